The molecule has 0 spiro atoms. The molecule has 0 aliphatic carbocycles. The molecular formula is C18H30N4O4. The van der Waals surface area contributed by atoms with Crippen LogP contribution in [0.15, 0.2) is 4.52 Å². The van der Waals surface area contributed by atoms with Crippen LogP contribution in [0.4, 0.5) is 4.79 Å². The van der Waals surface area contributed by atoms with Crippen LogP contribution in [0.5, 0.6) is 0 Å². The Morgan fingerprint density at radius 1 is 1.27 bits per heavy atom. The number of rotatable bonds is 6. The van der Waals surface area contributed by atoms with E-state index in [2.05, 4.69) is 10.1 Å². The Hall–Kier alpha value is -1.67. The Morgan fingerprint density at radius 3 is 2.85 bits per heavy atom. The van der Waals surface area contributed by atoms with Crippen molar-refractivity contribution in [3.05, 3.63) is 11.7 Å². The van der Waals surface area contributed by atoms with E-state index in [0.717, 1.165) is 58.5 Å². The van der Waals surface area contributed by atoms with Crippen LogP contribution >= 0.6 is 0 Å². The fraction of sp³-hybridized carbons (Fsp3) is 0.833. The lowest BCUT2D eigenvalue weighted by molar-refractivity contribution is 0.0211. The van der Waals surface area contributed by atoms with Crippen LogP contribution in [0.3, 0.4) is 0 Å². The molecule has 3 heterocycles. The minimum atomic E-state index is -0.122. The molecule has 2 aliphatic heterocycles. The molecule has 1 atom stereocenters. The average Bonchev–Trinajstić information content (AvgIpc) is 3.14. The maximum atomic E-state index is 12.4. The van der Waals surface area contributed by atoms with E-state index in [4.69, 9.17) is 14.0 Å². The molecule has 2 amide bonds. The van der Waals surface area contributed by atoms with Gasteiger partial charge in [0, 0.05) is 46.9 Å². The number of amides is 2. The van der Waals surface area contributed by atoms with Crippen LogP contribution in [0.25, 0.3) is 0 Å². The topological polar surface area (TPSA) is 80.9 Å². The highest BCUT2D eigenvalue weighted by Crippen LogP contribution is 2.30. The fourth-order valence-electron chi connectivity index (χ4n) is 3.51. The SMILES string of the molecule is CN(C)C(=O)N1CCCCC1c1nc(CCOCC2CCOCC2)no1. The van der Waals surface area contributed by atoms with Gasteiger partial charge in [0.25, 0.3) is 0 Å². The molecule has 2 saturated heterocycles. The summed E-state index contributed by atoms with van der Waals surface area (Å²) in [6, 6.07) is -0.127. The fourth-order valence-corrected chi connectivity index (χ4v) is 3.51. The van der Waals surface area contributed by atoms with Gasteiger partial charge in [0.2, 0.25) is 5.89 Å². The first-order valence-corrected chi connectivity index (χ1v) is 9.61. The summed E-state index contributed by atoms with van der Waals surface area (Å²) >= 11 is 0. The number of aromatic nitrogens is 2. The van der Waals surface area contributed by atoms with Crippen molar-refractivity contribution in [1.82, 2.24) is 19.9 Å². The van der Waals surface area contributed by atoms with E-state index in [9.17, 15) is 4.79 Å². The lowest BCUT2D eigenvalue weighted by Gasteiger charge is -2.35. The highest BCUT2D eigenvalue weighted by molar-refractivity contribution is 5.74. The predicted octanol–water partition coefficient (Wildman–Crippen LogP) is 2.26. The molecule has 2 aliphatic rings. The minimum Gasteiger partial charge on any atom is -0.381 e. The third-order valence-corrected chi connectivity index (χ3v) is 5.06. The van der Waals surface area contributed by atoms with Crippen LogP contribution < -0.4 is 0 Å². The average molecular weight is 366 g/mol. The number of ether oxygens (including phenoxy) is 2. The molecule has 0 N–H and O–H groups in total. The normalized spacial score (nSPS) is 21.8. The van der Waals surface area contributed by atoms with Crippen LogP contribution in [-0.4, -0.2) is 73.0 Å². The smallest absolute Gasteiger partial charge is 0.320 e. The maximum absolute atomic E-state index is 12.4. The minimum absolute atomic E-state index is 0.00533. The van der Waals surface area contributed by atoms with E-state index in [1.165, 1.54) is 0 Å². The van der Waals surface area contributed by atoms with Crippen molar-refractivity contribution in [2.45, 2.75) is 44.6 Å². The van der Waals surface area contributed by atoms with Gasteiger partial charge in [-0.1, -0.05) is 5.16 Å². The summed E-state index contributed by atoms with van der Waals surface area (Å²) in [7, 11) is 3.53. The number of hydrogen-bond acceptors (Lipinski definition) is 6. The molecule has 1 aromatic rings. The monoisotopic (exact) mass is 366 g/mol. The molecule has 2 fully saturated rings. The zero-order valence-electron chi connectivity index (χ0n) is 15.9. The van der Waals surface area contributed by atoms with Gasteiger partial charge in [-0.3, -0.25) is 0 Å². The third kappa shape index (κ3) is 4.94. The first-order valence-electron chi connectivity index (χ1n) is 9.61. The zero-order chi connectivity index (χ0) is 18.4. The summed E-state index contributed by atoms with van der Waals surface area (Å²) in [6.45, 7) is 3.76. The lowest BCUT2D eigenvalue weighted by atomic mass is 10.0. The van der Waals surface area contributed by atoms with Crippen LogP contribution in [-0.2, 0) is 15.9 Å². The second-order valence-electron chi connectivity index (χ2n) is 7.31. The Balaban J connectivity index is 1.49. The van der Waals surface area contributed by atoms with Crippen LogP contribution in [0, 0.1) is 5.92 Å². The second-order valence-corrected chi connectivity index (χ2v) is 7.31. The van der Waals surface area contributed by atoms with E-state index < -0.39 is 0 Å². The molecule has 146 valence electrons. The van der Waals surface area contributed by atoms with E-state index in [1.54, 1.807) is 19.0 Å². The van der Waals surface area contributed by atoms with Gasteiger partial charge in [0.15, 0.2) is 5.82 Å². The number of carbonyl (C=O) groups excluding carboxylic acids is 1. The van der Waals surface area contributed by atoms with Crippen molar-refractivity contribution in [2.75, 3.05) is 47.1 Å². The standard InChI is InChI=1S/C18H30N4O4/c1-21(2)18(23)22-9-4-3-5-15(22)17-19-16(20-26-17)8-12-25-13-14-6-10-24-11-7-14/h14-15H,3-13H2,1-2H3. The van der Waals surface area contributed by atoms with E-state index in [0.29, 0.717) is 30.7 Å². The van der Waals surface area contributed by atoms with Crippen molar-refractivity contribution in [3.8, 4) is 0 Å². The second kappa shape index (κ2) is 9.32. The van der Waals surface area contributed by atoms with Crippen molar-refractivity contribution in [1.29, 1.82) is 0 Å². The summed E-state index contributed by atoms with van der Waals surface area (Å²) in [5.41, 5.74) is 0. The van der Waals surface area contributed by atoms with E-state index in [1.807, 2.05) is 4.90 Å². The number of hydrogen-bond donors (Lipinski definition) is 0. The molecular weight excluding hydrogens is 336 g/mol. The number of nitrogens with zero attached hydrogens (tertiary/aromatic N) is 4. The zero-order valence-corrected chi connectivity index (χ0v) is 15.9. The van der Waals surface area contributed by atoms with Crippen molar-refractivity contribution in [2.24, 2.45) is 5.92 Å². The summed E-state index contributed by atoms with van der Waals surface area (Å²) < 4.78 is 16.6. The molecule has 3 rings (SSSR count). The molecule has 8 nitrogen and oxygen atoms in total. The van der Waals surface area contributed by atoms with Crippen molar-refractivity contribution in [3.63, 3.8) is 0 Å². The van der Waals surface area contributed by atoms with E-state index in [-0.39, 0.29) is 12.1 Å². The molecule has 0 aromatic carbocycles. The molecule has 0 radical (unpaired) electrons. The molecule has 8 heteroatoms. The molecule has 0 saturated carbocycles. The maximum Gasteiger partial charge on any atom is 0.320 e. The molecule has 26 heavy (non-hydrogen) atoms. The van der Waals surface area contributed by atoms with Gasteiger partial charge in [-0.15, -0.1) is 0 Å². The first kappa shape index (κ1) is 19.1. The predicted molar refractivity (Wildman–Crippen MR) is 94.7 cm³/mol. The molecule has 1 aromatic heterocycles. The Kier molecular flexibility index (Phi) is 6.85. The lowest BCUT2D eigenvalue weighted by Crippen LogP contribution is -2.44. The van der Waals surface area contributed by atoms with Crippen LogP contribution in [0.1, 0.15) is 49.9 Å². The number of likely N-dealkylation sites (tertiary alicyclic amines) is 1. The first-order chi connectivity index (χ1) is 12.6. The van der Waals surface area contributed by atoms with Crippen LogP contribution in [0.2, 0.25) is 0 Å². The van der Waals surface area contributed by atoms with Gasteiger partial charge >= 0.3 is 6.03 Å². The molecule has 1 unspecified atom stereocenters. The largest absolute Gasteiger partial charge is 0.381 e. The van der Waals surface area contributed by atoms with Gasteiger partial charge < -0.3 is 23.8 Å². The Bertz CT molecular complexity index is 571. The van der Waals surface area contributed by atoms with E-state index >= 15 is 0 Å². The summed E-state index contributed by atoms with van der Waals surface area (Å²) in [4.78, 5) is 20.3. The number of piperidine rings is 1. The van der Waals surface area contributed by atoms with Gasteiger partial charge in [0.05, 0.1) is 6.61 Å². The van der Waals surface area contributed by atoms with Crippen molar-refractivity contribution >= 4 is 6.03 Å². The summed E-state index contributed by atoms with van der Waals surface area (Å²) in [6.07, 6.45) is 5.71. The Morgan fingerprint density at radius 2 is 2.08 bits per heavy atom. The summed E-state index contributed by atoms with van der Waals surface area (Å²) in [5, 5.41) is 4.08. The Labute approximate surface area is 154 Å². The summed E-state index contributed by atoms with van der Waals surface area (Å²) in [5.74, 6) is 1.78. The highest BCUT2D eigenvalue weighted by Gasteiger charge is 2.32. The number of urea groups is 1. The van der Waals surface area contributed by atoms with Gasteiger partial charge in [-0.2, -0.15) is 4.98 Å². The quantitative estimate of drug-likeness (QED) is 0.719. The molecule has 0 bridgehead atoms. The third-order valence-electron chi connectivity index (χ3n) is 5.06. The van der Waals surface area contributed by atoms with Gasteiger partial charge in [-0.05, 0) is 38.0 Å². The number of carbonyl (C=O) groups is 1. The van der Waals surface area contributed by atoms with Gasteiger partial charge in [-0.25, -0.2) is 4.79 Å². The highest BCUT2D eigenvalue weighted by atomic mass is 16.5. The van der Waals surface area contributed by atoms with Crippen molar-refractivity contribution < 1.29 is 18.8 Å². The van der Waals surface area contributed by atoms with Gasteiger partial charge in [0.1, 0.15) is 6.04 Å².